The average Bonchev–Trinajstić information content (AvgIpc) is 3.33. The molecule has 5 rings (SSSR count). The lowest BCUT2D eigenvalue weighted by Gasteiger charge is -2.36. The minimum Gasteiger partial charge on any atom is -0.378 e. The number of amides is 2. The Hall–Kier alpha value is -3.91. The molecule has 14 heteroatoms. The van der Waals surface area contributed by atoms with Gasteiger partial charge in [-0.05, 0) is 12.1 Å². The van der Waals surface area contributed by atoms with Crippen LogP contribution in [-0.2, 0) is 14.3 Å². The second-order valence-electron chi connectivity index (χ2n) is 9.16. The number of alkyl halides is 2. The van der Waals surface area contributed by atoms with Gasteiger partial charge in [0.25, 0.3) is 6.43 Å². The van der Waals surface area contributed by atoms with Gasteiger partial charge in [-0.2, -0.15) is 9.97 Å². The van der Waals surface area contributed by atoms with Crippen molar-refractivity contribution in [3.63, 3.8) is 0 Å². The Morgan fingerprint density at radius 2 is 1.58 bits per heavy atom. The normalized spacial score (nSPS) is 17.3. The summed E-state index contributed by atoms with van der Waals surface area (Å²) >= 11 is 0. The number of nitrogens with zero attached hydrogens (tertiary/aromatic N) is 7. The predicted molar refractivity (Wildman–Crippen MR) is 135 cm³/mol. The molecule has 1 atom stereocenters. The zero-order chi connectivity index (χ0) is 26.8. The highest BCUT2D eigenvalue weighted by atomic mass is 19.3. The summed E-state index contributed by atoms with van der Waals surface area (Å²) in [5.74, 6) is -0.166. The molecule has 0 unspecified atom stereocenters. The van der Waals surface area contributed by atoms with Crippen molar-refractivity contribution in [2.75, 3.05) is 62.3 Å². The summed E-state index contributed by atoms with van der Waals surface area (Å²) in [6.45, 7) is 3.92. The number of nitrogens with two attached hydrogens (primary N) is 2. The molecule has 0 aliphatic carbocycles. The molecule has 38 heavy (non-hydrogen) atoms. The summed E-state index contributed by atoms with van der Waals surface area (Å²) in [5, 5.41) is 0. The van der Waals surface area contributed by atoms with Gasteiger partial charge in [0.2, 0.25) is 17.8 Å². The molecule has 2 aliphatic rings. The van der Waals surface area contributed by atoms with Gasteiger partial charge in [-0.1, -0.05) is 12.1 Å². The lowest BCUT2D eigenvalue weighted by molar-refractivity contribution is -0.134. The van der Waals surface area contributed by atoms with Crippen molar-refractivity contribution in [2.24, 2.45) is 11.5 Å². The third kappa shape index (κ3) is 5.22. The van der Waals surface area contributed by atoms with Crippen molar-refractivity contribution in [1.82, 2.24) is 24.4 Å². The van der Waals surface area contributed by atoms with Crippen molar-refractivity contribution in [3.8, 4) is 5.95 Å². The molecule has 2 amide bonds. The number of hydrogen-bond donors (Lipinski definition) is 2. The lowest BCUT2D eigenvalue weighted by Crippen LogP contribution is -2.51. The van der Waals surface area contributed by atoms with Gasteiger partial charge in [-0.15, -0.1) is 0 Å². The number of rotatable bonds is 7. The van der Waals surface area contributed by atoms with Gasteiger partial charge in [-0.3, -0.25) is 14.2 Å². The van der Waals surface area contributed by atoms with Crippen LogP contribution < -0.4 is 21.3 Å². The first-order valence-electron chi connectivity index (χ1n) is 12.4. The average molecular weight is 530 g/mol. The van der Waals surface area contributed by atoms with E-state index in [2.05, 4.69) is 9.97 Å². The Kier molecular flexibility index (Phi) is 7.33. The number of fused-ring (bicyclic) bond motifs is 1. The standard InChI is InChI=1S/C24H29F2N9O3/c25-21(26)23-29-16-3-1-2-4-17(16)35(23)24-30-18(14-19(31-24)33-9-11-38-12-10-33)32-5-7-34(8-6-32)20(36)13-15(27)22(28)37/h1-4,14-15,21H,5-13,27H2,(H2,28,37)/t15-/m1/s1. The summed E-state index contributed by atoms with van der Waals surface area (Å²) in [4.78, 5) is 42.9. The number of morpholine rings is 1. The maximum Gasteiger partial charge on any atom is 0.296 e. The van der Waals surface area contributed by atoms with Gasteiger partial charge in [0.05, 0.1) is 36.7 Å². The van der Waals surface area contributed by atoms with Crippen molar-refractivity contribution in [1.29, 1.82) is 0 Å². The molecule has 2 saturated heterocycles. The number of benzene rings is 1. The first-order valence-corrected chi connectivity index (χ1v) is 12.4. The van der Waals surface area contributed by atoms with E-state index >= 15 is 0 Å². The Balaban J connectivity index is 1.47. The van der Waals surface area contributed by atoms with Crippen molar-refractivity contribution < 1.29 is 23.1 Å². The minimum absolute atomic E-state index is 0.0962. The van der Waals surface area contributed by atoms with Crippen LogP contribution in [0.5, 0.6) is 0 Å². The van der Waals surface area contributed by atoms with Crippen LogP contribution in [0.15, 0.2) is 30.3 Å². The fraction of sp³-hybridized carbons (Fsp3) is 0.458. The topological polar surface area (TPSA) is 149 Å². The molecule has 12 nitrogen and oxygen atoms in total. The van der Waals surface area contributed by atoms with Gasteiger partial charge >= 0.3 is 0 Å². The maximum atomic E-state index is 14.1. The van der Waals surface area contributed by atoms with Gasteiger partial charge in [0, 0.05) is 45.3 Å². The highest BCUT2D eigenvalue weighted by Crippen LogP contribution is 2.29. The molecular weight excluding hydrogens is 500 g/mol. The van der Waals surface area contributed by atoms with E-state index in [0.717, 1.165) is 0 Å². The number of para-hydroxylation sites is 2. The molecule has 2 aliphatic heterocycles. The lowest BCUT2D eigenvalue weighted by atomic mass is 10.2. The zero-order valence-corrected chi connectivity index (χ0v) is 20.7. The monoisotopic (exact) mass is 529 g/mol. The summed E-state index contributed by atoms with van der Waals surface area (Å²) in [7, 11) is 0. The third-order valence-electron chi connectivity index (χ3n) is 6.72. The molecule has 4 N–H and O–H groups in total. The van der Waals surface area contributed by atoms with E-state index in [-0.39, 0.29) is 18.3 Å². The molecule has 202 valence electrons. The SMILES string of the molecule is NC(=O)[C@H](N)CC(=O)N1CCN(c2cc(N3CCOCC3)nc(-n3c(C(F)F)nc4ccccc43)n2)CC1. The zero-order valence-electron chi connectivity index (χ0n) is 20.7. The van der Waals surface area contributed by atoms with Crippen LogP contribution in [0, 0.1) is 0 Å². The Morgan fingerprint density at radius 1 is 0.947 bits per heavy atom. The molecule has 1 aromatic carbocycles. The summed E-state index contributed by atoms with van der Waals surface area (Å²) in [5.41, 5.74) is 11.7. The van der Waals surface area contributed by atoms with Crippen LogP contribution in [0.3, 0.4) is 0 Å². The molecule has 2 aromatic heterocycles. The van der Waals surface area contributed by atoms with Crippen LogP contribution in [0.25, 0.3) is 17.0 Å². The number of piperazine rings is 1. The van der Waals surface area contributed by atoms with Crippen molar-refractivity contribution in [2.45, 2.75) is 18.9 Å². The van der Waals surface area contributed by atoms with Crippen LogP contribution >= 0.6 is 0 Å². The van der Waals surface area contributed by atoms with E-state index in [1.165, 1.54) is 4.57 Å². The molecule has 0 radical (unpaired) electrons. The number of aromatic nitrogens is 4. The van der Waals surface area contributed by atoms with Crippen molar-refractivity contribution in [3.05, 3.63) is 36.2 Å². The molecule has 0 spiro atoms. The number of halogens is 2. The fourth-order valence-corrected chi connectivity index (χ4v) is 4.63. The maximum absolute atomic E-state index is 14.1. The van der Waals surface area contributed by atoms with Crippen molar-refractivity contribution >= 4 is 34.5 Å². The number of carbonyl (C=O) groups excluding carboxylic acids is 2. The fourth-order valence-electron chi connectivity index (χ4n) is 4.63. The Labute approximate surface area is 217 Å². The van der Waals surface area contributed by atoms with E-state index in [4.69, 9.17) is 21.2 Å². The number of imidazole rings is 1. The van der Waals surface area contributed by atoms with Gasteiger partial charge in [0.1, 0.15) is 11.6 Å². The van der Waals surface area contributed by atoms with Crippen LogP contribution in [-0.4, -0.2) is 94.8 Å². The highest BCUT2D eigenvalue weighted by Gasteiger charge is 2.28. The van der Waals surface area contributed by atoms with Gasteiger partial charge in [0.15, 0.2) is 5.82 Å². The number of anilines is 2. The van der Waals surface area contributed by atoms with E-state index < -0.39 is 24.2 Å². The van der Waals surface area contributed by atoms with Crippen LogP contribution in [0.2, 0.25) is 0 Å². The van der Waals surface area contributed by atoms with E-state index in [1.54, 1.807) is 29.2 Å². The number of ether oxygens (including phenoxy) is 1. The summed E-state index contributed by atoms with van der Waals surface area (Å²) < 4.78 is 34.9. The molecule has 0 bridgehead atoms. The Morgan fingerprint density at radius 3 is 2.21 bits per heavy atom. The third-order valence-corrected chi connectivity index (χ3v) is 6.72. The second-order valence-corrected chi connectivity index (χ2v) is 9.16. The molecular formula is C24H29F2N9O3. The molecule has 4 heterocycles. The smallest absolute Gasteiger partial charge is 0.296 e. The quantitative estimate of drug-likeness (QED) is 0.445. The van der Waals surface area contributed by atoms with Gasteiger partial charge < -0.3 is 30.9 Å². The summed E-state index contributed by atoms with van der Waals surface area (Å²) in [6.07, 6.45) is -2.99. The van der Waals surface area contributed by atoms with Crippen LogP contribution in [0.1, 0.15) is 18.7 Å². The highest BCUT2D eigenvalue weighted by molar-refractivity contribution is 5.87. The predicted octanol–water partition coefficient (Wildman–Crippen LogP) is 0.441. The first kappa shape index (κ1) is 25.7. The minimum atomic E-state index is -2.83. The number of carbonyl (C=O) groups is 2. The van der Waals surface area contributed by atoms with Gasteiger partial charge in [-0.25, -0.2) is 13.8 Å². The second kappa shape index (κ2) is 10.8. The summed E-state index contributed by atoms with van der Waals surface area (Å²) in [6, 6.07) is 7.67. The van der Waals surface area contributed by atoms with E-state index in [0.29, 0.717) is 75.2 Å². The van der Waals surface area contributed by atoms with E-state index in [9.17, 15) is 18.4 Å². The first-order chi connectivity index (χ1) is 18.3. The molecule has 0 saturated carbocycles. The van der Waals surface area contributed by atoms with E-state index in [1.807, 2.05) is 15.9 Å². The molecule has 2 fully saturated rings. The number of primary amides is 1. The largest absolute Gasteiger partial charge is 0.378 e. The number of hydrogen-bond acceptors (Lipinski definition) is 9. The Bertz CT molecular complexity index is 1320. The van der Waals surface area contributed by atoms with Crippen LogP contribution in [0.4, 0.5) is 20.4 Å². The molecule has 3 aromatic rings.